The zero-order valence-corrected chi connectivity index (χ0v) is 18.7. The smallest absolute Gasteiger partial charge is 0.225 e. The van der Waals surface area contributed by atoms with Crippen LogP contribution in [0.3, 0.4) is 0 Å². The topological polar surface area (TPSA) is 47.5 Å². The molecule has 2 aromatic carbocycles. The maximum Gasteiger partial charge on any atom is 0.225 e. The van der Waals surface area contributed by atoms with Crippen LogP contribution in [0.1, 0.15) is 42.7 Å². The Labute approximate surface area is 185 Å². The van der Waals surface area contributed by atoms with Crippen LogP contribution in [-0.2, 0) is 16.8 Å². The fraction of sp³-hybridized carbons (Fsp3) is 0.385. The van der Waals surface area contributed by atoms with Crippen LogP contribution in [0.25, 0.3) is 0 Å². The molecule has 0 spiro atoms. The Bertz CT molecular complexity index is 976. The van der Waals surface area contributed by atoms with Crippen molar-refractivity contribution in [1.29, 1.82) is 0 Å². The third-order valence-corrected chi connectivity index (χ3v) is 5.94. The van der Waals surface area contributed by atoms with E-state index in [4.69, 9.17) is 14.5 Å². The number of rotatable bonds is 6. The van der Waals surface area contributed by atoms with Gasteiger partial charge in [-0.3, -0.25) is 0 Å². The summed E-state index contributed by atoms with van der Waals surface area (Å²) in [5.41, 5.74) is 4.65. The van der Waals surface area contributed by atoms with Gasteiger partial charge in [0.1, 0.15) is 12.4 Å². The molecule has 4 rings (SSSR count). The lowest BCUT2D eigenvalue weighted by Crippen LogP contribution is -2.28. The lowest BCUT2D eigenvalue weighted by Gasteiger charge is -2.26. The highest BCUT2D eigenvalue weighted by Crippen LogP contribution is 2.32. The van der Waals surface area contributed by atoms with Gasteiger partial charge in [0.15, 0.2) is 0 Å². The van der Waals surface area contributed by atoms with E-state index in [0.29, 0.717) is 6.61 Å². The molecule has 0 amide bonds. The van der Waals surface area contributed by atoms with E-state index in [-0.39, 0.29) is 5.41 Å². The number of hydrogen-bond acceptors (Lipinski definition) is 5. The highest BCUT2D eigenvalue weighted by Gasteiger charge is 2.23. The van der Waals surface area contributed by atoms with Gasteiger partial charge in [-0.05, 0) is 42.7 Å². The first-order valence-electron chi connectivity index (χ1n) is 11.0. The standard InChI is InChI=1S/C26H31N3O2/c1-20-5-7-21(8-6-20)26(2,3)22-9-11-24(12-10-22)31-19-23-13-14-27-25(28-23)29-15-4-17-30-18-16-29/h5-14H,4,15-19H2,1-3H3. The second-order valence-electron chi connectivity index (χ2n) is 8.61. The fourth-order valence-electron chi connectivity index (χ4n) is 3.83. The molecule has 0 N–H and O–H groups in total. The van der Waals surface area contributed by atoms with E-state index >= 15 is 0 Å². The van der Waals surface area contributed by atoms with Gasteiger partial charge in [-0.25, -0.2) is 9.97 Å². The summed E-state index contributed by atoms with van der Waals surface area (Å²) in [6.07, 6.45) is 2.80. The summed E-state index contributed by atoms with van der Waals surface area (Å²) < 4.78 is 11.5. The van der Waals surface area contributed by atoms with E-state index < -0.39 is 0 Å². The molecule has 1 saturated heterocycles. The fourth-order valence-corrected chi connectivity index (χ4v) is 3.83. The van der Waals surface area contributed by atoms with Gasteiger partial charge in [0.25, 0.3) is 0 Å². The molecular formula is C26H31N3O2. The molecule has 2 heterocycles. The Morgan fingerprint density at radius 1 is 0.935 bits per heavy atom. The molecule has 0 saturated carbocycles. The first kappa shape index (κ1) is 21.3. The SMILES string of the molecule is Cc1ccc(C(C)(C)c2ccc(OCc3ccnc(N4CCCOCC4)n3)cc2)cc1. The van der Waals surface area contributed by atoms with Crippen LogP contribution in [0.15, 0.2) is 60.8 Å². The first-order valence-corrected chi connectivity index (χ1v) is 11.0. The molecule has 162 valence electrons. The summed E-state index contributed by atoms with van der Waals surface area (Å²) in [5.74, 6) is 1.59. The van der Waals surface area contributed by atoms with Crippen LogP contribution in [0, 0.1) is 6.92 Å². The molecule has 1 fully saturated rings. The second kappa shape index (κ2) is 9.48. The number of nitrogens with zero attached hydrogens (tertiary/aromatic N) is 3. The van der Waals surface area contributed by atoms with Gasteiger partial charge in [0.05, 0.1) is 12.3 Å². The van der Waals surface area contributed by atoms with Crippen molar-refractivity contribution in [3.8, 4) is 5.75 Å². The molecule has 5 heteroatoms. The Kier molecular flexibility index (Phi) is 6.52. The van der Waals surface area contributed by atoms with Gasteiger partial charge in [-0.1, -0.05) is 55.8 Å². The average molecular weight is 418 g/mol. The molecule has 5 nitrogen and oxygen atoms in total. The van der Waals surface area contributed by atoms with Gasteiger partial charge in [0, 0.05) is 31.3 Å². The molecule has 0 atom stereocenters. The lowest BCUT2D eigenvalue weighted by atomic mass is 9.78. The van der Waals surface area contributed by atoms with Crippen molar-refractivity contribution in [3.05, 3.63) is 83.2 Å². The zero-order chi connectivity index (χ0) is 21.7. The minimum absolute atomic E-state index is 0.0648. The van der Waals surface area contributed by atoms with Crippen LogP contribution >= 0.6 is 0 Å². The van der Waals surface area contributed by atoms with Gasteiger partial charge >= 0.3 is 0 Å². The van der Waals surface area contributed by atoms with Crippen LogP contribution in [0.2, 0.25) is 0 Å². The number of benzene rings is 2. The molecule has 0 unspecified atom stereocenters. The summed E-state index contributed by atoms with van der Waals surface area (Å²) in [4.78, 5) is 11.3. The number of anilines is 1. The highest BCUT2D eigenvalue weighted by atomic mass is 16.5. The van der Waals surface area contributed by atoms with Crippen molar-refractivity contribution in [2.24, 2.45) is 0 Å². The van der Waals surface area contributed by atoms with Crippen LogP contribution in [-0.4, -0.2) is 36.3 Å². The quantitative estimate of drug-likeness (QED) is 0.570. The van der Waals surface area contributed by atoms with Crippen LogP contribution < -0.4 is 9.64 Å². The molecule has 1 aromatic heterocycles. The Balaban J connectivity index is 1.40. The van der Waals surface area contributed by atoms with Crippen molar-refractivity contribution < 1.29 is 9.47 Å². The number of hydrogen-bond donors (Lipinski definition) is 0. The van der Waals surface area contributed by atoms with E-state index in [1.807, 2.05) is 18.2 Å². The highest BCUT2D eigenvalue weighted by molar-refractivity contribution is 5.40. The van der Waals surface area contributed by atoms with Crippen molar-refractivity contribution >= 4 is 5.95 Å². The van der Waals surface area contributed by atoms with Crippen molar-refractivity contribution in [2.45, 2.75) is 39.2 Å². The molecule has 1 aliphatic heterocycles. The Morgan fingerprint density at radius 3 is 2.39 bits per heavy atom. The molecule has 0 aliphatic carbocycles. The third kappa shape index (κ3) is 5.23. The third-order valence-electron chi connectivity index (χ3n) is 5.94. The van der Waals surface area contributed by atoms with Crippen molar-refractivity contribution in [1.82, 2.24) is 9.97 Å². The first-order chi connectivity index (χ1) is 15.0. The Hall–Kier alpha value is -2.92. The van der Waals surface area contributed by atoms with Crippen LogP contribution in [0.5, 0.6) is 5.75 Å². The lowest BCUT2D eigenvalue weighted by molar-refractivity contribution is 0.152. The minimum Gasteiger partial charge on any atom is -0.487 e. The van der Waals surface area contributed by atoms with E-state index in [0.717, 1.165) is 50.1 Å². The maximum absolute atomic E-state index is 6.01. The average Bonchev–Trinajstić information content (AvgIpc) is 3.08. The van der Waals surface area contributed by atoms with Gasteiger partial charge < -0.3 is 14.4 Å². The van der Waals surface area contributed by atoms with E-state index in [2.05, 4.69) is 67.1 Å². The number of ether oxygens (including phenoxy) is 2. The number of aromatic nitrogens is 2. The molecule has 1 aliphatic rings. The Morgan fingerprint density at radius 2 is 1.65 bits per heavy atom. The van der Waals surface area contributed by atoms with Crippen molar-refractivity contribution in [2.75, 3.05) is 31.2 Å². The minimum atomic E-state index is -0.0648. The van der Waals surface area contributed by atoms with Crippen LogP contribution in [0.4, 0.5) is 5.95 Å². The van der Waals surface area contributed by atoms with Gasteiger partial charge in [-0.2, -0.15) is 0 Å². The molecule has 0 bridgehead atoms. The van der Waals surface area contributed by atoms with E-state index in [1.54, 1.807) is 6.20 Å². The summed E-state index contributed by atoms with van der Waals surface area (Å²) in [6, 6.07) is 19.1. The summed E-state index contributed by atoms with van der Waals surface area (Å²) >= 11 is 0. The largest absolute Gasteiger partial charge is 0.487 e. The maximum atomic E-state index is 6.01. The predicted octanol–water partition coefficient (Wildman–Crippen LogP) is 4.92. The van der Waals surface area contributed by atoms with Gasteiger partial charge in [-0.15, -0.1) is 0 Å². The summed E-state index contributed by atoms with van der Waals surface area (Å²) in [6.45, 7) is 10.3. The van der Waals surface area contributed by atoms with E-state index in [9.17, 15) is 0 Å². The monoisotopic (exact) mass is 417 g/mol. The second-order valence-corrected chi connectivity index (χ2v) is 8.61. The molecule has 0 radical (unpaired) electrons. The molecule has 3 aromatic rings. The zero-order valence-electron chi connectivity index (χ0n) is 18.7. The van der Waals surface area contributed by atoms with E-state index in [1.165, 1.54) is 16.7 Å². The predicted molar refractivity (Wildman–Crippen MR) is 124 cm³/mol. The summed E-state index contributed by atoms with van der Waals surface area (Å²) in [7, 11) is 0. The molecular weight excluding hydrogens is 386 g/mol. The normalized spacial score (nSPS) is 14.9. The summed E-state index contributed by atoms with van der Waals surface area (Å²) in [5, 5.41) is 0. The number of aryl methyl sites for hydroxylation is 1. The van der Waals surface area contributed by atoms with Gasteiger partial charge in [0.2, 0.25) is 5.95 Å². The van der Waals surface area contributed by atoms with Crippen molar-refractivity contribution in [3.63, 3.8) is 0 Å². The molecule has 31 heavy (non-hydrogen) atoms.